The molecule has 1 atom stereocenters. The molecule has 0 spiro atoms. The van der Waals surface area contributed by atoms with Crippen LogP contribution >= 0.6 is 7.55 Å². The van der Waals surface area contributed by atoms with E-state index in [1.807, 2.05) is 0 Å². The lowest BCUT2D eigenvalue weighted by Crippen LogP contribution is -2.15. The fourth-order valence-electron chi connectivity index (χ4n) is 5.57. The summed E-state index contributed by atoms with van der Waals surface area (Å²) in [5.74, 6) is 0. The summed E-state index contributed by atoms with van der Waals surface area (Å²) in [4.78, 5) is 0. The minimum Gasteiger partial charge on any atom is -0.0684 e. The van der Waals surface area contributed by atoms with Crippen molar-refractivity contribution < 1.29 is 0 Å². The Bertz CT molecular complexity index is 1490. The van der Waals surface area contributed by atoms with Crippen molar-refractivity contribution in [3.8, 4) is 11.1 Å². The fourth-order valence-corrected chi connectivity index (χ4v) is 8.56. The Kier molecular flexibility index (Phi) is 5.20. The standard InChI is InChI=1S/C33H28P/c1-22-18-23(2)33(24(3)19-22)34-31-16-14-27(25-10-6-4-7-11-25)20-29(31)30-21-28(15-17-32(30)34)26-12-8-5-9-13-26/h4-16,18-21H,17H2,1-3H3/q+1. The molecule has 4 aromatic rings. The van der Waals surface area contributed by atoms with Crippen LogP contribution in [-0.2, 0) is 0 Å². The largest absolute Gasteiger partial charge is 0.175 e. The molecule has 1 heterocycles. The highest BCUT2D eigenvalue weighted by molar-refractivity contribution is 7.75. The number of rotatable bonds is 3. The minimum atomic E-state index is -0.533. The van der Waals surface area contributed by atoms with Crippen LogP contribution in [0.1, 0.15) is 34.2 Å². The molecule has 6 rings (SSSR count). The number of allylic oxidation sites excluding steroid dienone is 4. The molecule has 1 aliphatic carbocycles. The molecule has 0 N–H and O–H groups in total. The van der Waals surface area contributed by atoms with Crippen LogP contribution in [0.3, 0.4) is 0 Å². The summed E-state index contributed by atoms with van der Waals surface area (Å²) in [7, 11) is -0.533. The predicted molar refractivity (Wildman–Crippen MR) is 151 cm³/mol. The molecule has 1 heteroatoms. The maximum Gasteiger partial charge on any atom is 0.175 e. The van der Waals surface area contributed by atoms with E-state index in [1.165, 1.54) is 55.4 Å². The first-order valence-electron chi connectivity index (χ1n) is 12.0. The molecule has 2 aliphatic rings. The molecular weight excluding hydrogens is 427 g/mol. The Labute approximate surface area is 203 Å². The molecule has 4 aromatic carbocycles. The molecule has 0 aromatic heterocycles. The van der Waals surface area contributed by atoms with Crippen molar-refractivity contribution in [1.29, 1.82) is 0 Å². The van der Waals surface area contributed by atoms with Gasteiger partial charge in [-0.05, 0) is 78.4 Å². The van der Waals surface area contributed by atoms with Crippen molar-refractivity contribution in [2.24, 2.45) is 0 Å². The molecule has 0 fully saturated rings. The normalized spacial score (nSPS) is 15.5. The molecule has 0 saturated carbocycles. The van der Waals surface area contributed by atoms with Gasteiger partial charge < -0.3 is 0 Å². The molecule has 0 radical (unpaired) electrons. The summed E-state index contributed by atoms with van der Waals surface area (Å²) in [5, 5.41) is 4.66. The molecule has 0 saturated heterocycles. The van der Waals surface area contributed by atoms with E-state index in [-0.39, 0.29) is 0 Å². The summed E-state index contributed by atoms with van der Waals surface area (Å²) >= 11 is 0. The Morgan fingerprint density at radius 3 is 1.97 bits per heavy atom. The highest BCUT2D eigenvalue weighted by Crippen LogP contribution is 2.46. The van der Waals surface area contributed by atoms with Gasteiger partial charge in [0.2, 0.25) is 0 Å². The van der Waals surface area contributed by atoms with E-state index in [0.717, 1.165) is 6.42 Å². The Morgan fingerprint density at radius 2 is 1.29 bits per heavy atom. The third-order valence-electron chi connectivity index (χ3n) is 7.00. The highest BCUT2D eigenvalue weighted by Gasteiger charge is 2.40. The van der Waals surface area contributed by atoms with Crippen LogP contribution in [0, 0.1) is 20.8 Å². The van der Waals surface area contributed by atoms with Gasteiger partial charge in [0.1, 0.15) is 5.29 Å². The van der Waals surface area contributed by atoms with E-state index in [9.17, 15) is 0 Å². The van der Waals surface area contributed by atoms with Crippen LogP contribution in [0.25, 0.3) is 22.3 Å². The van der Waals surface area contributed by atoms with Gasteiger partial charge in [-0.3, -0.25) is 0 Å². The third kappa shape index (κ3) is 3.51. The number of aryl methyl sites for hydroxylation is 3. The minimum absolute atomic E-state index is 0.533. The number of hydrogen-bond acceptors (Lipinski definition) is 0. The first kappa shape index (κ1) is 21.1. The van der Waals surface area contributed by atoms with Crippen LogP contribution in [0.15, 0.2) is 103 Å². The summed E-state index contributed by atoms with van der Waals surface area (Å²) in [6, 6.07) is 33.5. The average Bonchev–Trinajstić information content (AvgIpc) is 3.17. The number of fused-ring (bicyclic) bond motifs is 3. The second kappa shape index (κ2) is 8.39. The molecule has 1 aliphatic heterocycles. The van der Waals surface area contributed by atoms with Gasteiger partial charge in [0.05, 0.1) is 0 Å². The summed E-state index contributed by atoms with van der Waals surface area (Å²) in [6.45, 7) is 6.80. The molecule has 1 unspecified atom stereocenters. The van der Waals surface area contributed by atoms with Crippen LogP contribution in [-0.4, -0.2) is 5.29 Å². The van der Waals surface area contributed by atoms with Crippen molar-refractivity contribution in [3.05, 3.63) is 131 Å². The monoisotopic (exact) mass is 455 g/mol. The lowest BCUT2D eigenvalue weighted by molar-refractivity contribution is 1.36. The highest BCUT2D eigenvalue weighted by atomic mass is 31.1. The van der Waals surface area contributed by atoms with Gasteiger partial charge in [-0.1, -0.05) is 84.4 Å². The van der Waals surface area contributed by atoms with Gasteiger partial charge >= 0.3 is 0 Å². The number of hydrogen-bond donors (Lipinski definition) is 0. The lowest BCUT2D eigenvalue weighted by Gasteiger charge is -2.12. The van der Waals surface area contributed by atoms with E-state index in [4.69, 9.17) is 0 Å². The maximum absolute atomic E-state index is 2.45. The predicted octanol–water partition coefficient (Wildman–Crippen LogP) is 7.77. The van der Waals surface area contributed by atoms with Gasteiger partial charge in [0.15, 0.2) is 18.2 Å². The second-order valence-electron chi connectivity index (χ2n) is 9.42. The van der Waals surface area contributed by atoms with Gasteiger partial charge in [0.25, 0.3) is 0 Å². The molecule has 0 bridgehead atoms. The zero-order chi connectivity index (χ0) is 23.2. The van der Waals surface area contributed by atoms with Gasteiger partial charge in [0, 0.05) is 17.6 Å². The molecule has 0 amide bonds. The maximum atomic E-state index is 2.45. The zero-order valence-electron chi connectivity index (χ0n) is 20.0. The third-order valence-corrected chi connectivity index (χ3v) is 9.98. The molecule has 34 heavy (non-hydrogen) atoms. The van der Waals surface area contributed by atoms with Crippen molar-refractivity contribution in [1.82, 2.24) is 0 Å². The Balaban J connectivity index is 1.59. The van der Waals surface area contributed by atoms with Crippen LogP contribution < -0.4 is 10.6 Å². The fraction of sp³-hybridized carbons (Fsp3) is 0.121. The topological polar surface area (TPSA) is 0 Å². The van der Waals surface area contributed by atoms with Gasteiger partial charge in [-0.2, -0.15) is 0 Å². The van der Waals surface area contributed by atoms with Gasteiger partial charge in [-0.25, -0.2) is 0 Å². The summed E-state index contributed by atoms with van der Waals surface area (Å²) in [5.41, 5.74) is 12.3. The van der Waals surface area contributed by atoms with Crippen LogP contribution in [0.5, 0.6) is 0 Å². The summed E-state index contributed by atoms with van der Waals surface area (Å²) < 4.78 is 0. The second-order valence-corrected chi connectivity index (χ2v) is 11.6. The molecule has 0 nitrogen and oxygen atoms in total. The Morgan fingerprint density at radius 1 is 0.647 bits per heavy atom. The SMILES string of the molecule is Cc1cc(C)c([P+]2=C3CC=C(c4ccccc4)C=C3c3cc(-c4ccccc4)ccc32)c(C)c1. The first-order valence-corrected chi connectivity index (χ1v) is 13.4. The van der Waals surface area contributed by atoms with Crippen LogP contribution in [0.2, 0.25) is 0 Å². The van der Waals surface area contributed by atoms with Crippen molar-refractivity contribution in [3.63, 3.8) is 0 Å². The quantitative estimate of drug-likeness (QED) is 0.277. The van der Waals surface area contributed by atoms with Crippen molar-refractivity contribution in [2.45, 2.75) is 27.2 Å². The van der Waals surface area contributed by atoms with E-state index in [0.29, 0.717) is 0 Å². The first-order chi connectivity index (χ1) is 16.6. The Hall–Kier alpha value is -3.47. The number of benzene rings is 4. The molecule has 164 valence electrons. The van der Waals surface area contributed by atoms with Gasteiger partial charge in [-0.15, -0.1) is 0 Å². The van der Waals surface area contributed by atoms with Crippen molar-refractivity contribution in [2.75, 3.05) is 0 Å². The van der Waals surface area contributed by atoms with E-state index < -0.39 is 7.55 Å². The van der Waals surface area contributed by atoms with Crippen molar-refractivity contribution >= 4 is 34.6 Å². The summed E-state index contributed by atoms with van der Waals surface area (Å²) in [6.07, 6.45) is 5.90. The van der Waals surface area contributed by atoms with E-state index in [1.54, 1.807) is 10.6 Å². The van der Waals surface area contributed by atoms with E-state index in [2.05, 4.69) is 124 Å². The van der Waals surface area contributed by atoms with Crippen LogP contribution in [0.4, 0.5) is 0 Å². The van der Waals surface area contributed by atoms with E-state index >= 15 is 0 Å². The smallest absolute Gasteiger partial charge is 0.0684 e. The zero-order valence-corrected chi connectivity index (χ0v) is 20.9. The average molecular weight is 456 g/mol. The lowest BCUT2D eigenvalue weighted by atomic mass is 9.89. The molecular formula is C33H28P+.